The van der Waals surface area contributed by atoms with Gasteiger partial charge in [-0.3, -0.25) is 14.8 Å². The van der Waals surface area contributed by atoms with E-state index in [1.165, 1.54) is 31.4 Å². The monoisotopic (exact) mass is 366 g/mol. The molecule has 1 atom stereocenters. The first-order valence-corrected chi connectivity index (χ1v) is 10.2. The van der Waals surface area contributed by atoms with Crippen LogP contribution in [-0.4, -0.2) is 52.1 Å². The summed E-state index contributed by atoms with van der Waals surface area (Å²) in [5.41, 5.74) is 2.79. The van der Waals surface area contributed by atoms with Gasteiger partial charge < -0.3 is 4.90 Å². The van der Waals surface area contributed by atoms with E-state index < -0.39 is 0 Å². The largest absolute Gasteiger partial charge is 0.342 e. The molecule has 1 aromatic carbocycles. The number of hydrogen-bond donors (Lipinski definition) is 1. The number of benzene rings is 1. The summed E-state index contributed by atoms with van der Waals surface area (Å²) in [6.45, 7) is 5.17. The molecule has 2 aliphatic rings. The Morgan fingerprint density at radius 2 is 1.89 bits per heavy atom. The fourth-order valence-electron chi connectivity index (χ4n) is 4.86. The Morgan fingerprint density at radius 3 is 2.67 bits per heavy atom. The van der Waals surface area contributed by atoms with Gasteiger partial charge in [-0.25, -0.2) is 0 Å². The lowest BCUT2D eigenvalue weighted by Gasteiger charge is -2.48. The van der Waals surface area contributed by atoms with Crippen LogP contribution in [0.4, 0.5) is 0 Å². The summed E-state index contributed by atoms with van der Waals surface area (Å²) in [5.74, 6) is 0.301. The van der Waals surface area contributed by atoms with Gasteiger partial charge in [0.05, 0.1) is 6.20 Å². The second-order valence-electron chi connectivity index (χ2n) is 8.33. The predicted octanol–water partition coefficient (Wildman–Crippen LogP) is 3.25. The van der Waals surface area contributed by atoms with Crippen LogP contribution in [-0.2, 0) is 17.8 Å². The number of nitrogens with zero attached hydrogens (tertiary/aromatic N) is 3. The van der Waals surface area contributed by atoms with E-state index in [9.17, 15) is 4.79 Å². The zero-order valence-electron chi connectivity index (χ0n) is 16.1. The van der Waals surface area contributed by atoms with E-state index in [-0.39, 0.29) is 5.41 Å². The Morgan fingerprint density at radius 1 is 1.07 bits per heavy atom. The quantitative estimate of drug-likeness (QED) is 0.884. The van der Waals surface area contributed by atoms with Crippen molar-refractivity contribution in [3.05, 3.63) is 53.9 Å². The number of amides is 1. The number of aromatic nitrogens is 2. The molecule has 0 radical (unpaired) electrons. The average molecular weight is 367 g/mol. The first-order valence-electron chi connectivity index (χ1n) is 10.2. The van der Waals surface area contributed by atoms with E-state index in [1.54, 1.807) is 0 Å². The van der Waals surface area contributed by atoms with Crippen molar-refractivity contribution >= 4 is 5.91 Å². The molecule has 2 saturated heterocycles. The number of rotatable bonds is 5. The lowest BCUT2D eigenvalue weighted by Crippen LogP contribution is -2.53. The van der Waals surface area contributed by atoms with Crippen molar-refractivity contribution in [2.45, 2.75) is 45.1 Å². The highest BCUT2D eigenvalue weighted by Crippen LogP contribution is 2.39. The third kappa shape index (κ3) is 4.59. The van der Waals surface area contributed by atoms with Crippen molar-refractivity contribution in [2.24, 2.45) is 5.41 Å². The predicted molar refractivity (Wildman–Crippen MR) is 106 cm³/mol. The lowest BCUT2D eigenvalue weighted by molar-refractivity contribution is -0.136. The Bertz CT molecular complexity index is 726. The fraction of sp³-hybridized carbons (Fsp3) is 0.545. The van der Waals surface area contributed by atoms with Crippen LogP contribution in [0.1, 0.15) is 43.2 Å². The Labute approximate surface area is 161 Å². The smallest absolute Gasteiger partial charge is 0.222 e. The second kappa shape index (κ2) is 8.26. The van der Waals surface area contributed by atoms with Crippen LogP contribution < -0.4 is 0 Å². The van der Waals surface area contributed by atoms with Gasteiger partial charge >= 0.3 is 0 Å². The van der Waals surface area contributed by atoms with Crippen LogP contribution in [0.2, 0.25) is 0 Å². The number of piperidine rings is 2. The molecule has 4 rings (SSSR count). The van der Waals surface area contributed by atoms with Gasteiger partial charge in [0.2, 0.25) is 5.91 Å². The van der Waals surface area contributed by atoms with E-state index in [1.807, 2.05) is 12.4 Å². The van der Waals surface area contributed by atoms with Gasteiger partial charge in [-0.1, -0.05) is 30.3 Å². The van der Waals surface area contributed by atoms with Gasteiger partial charge in [0.1, 0.15) is 0 Å². The van der Waals surface area contributed by atoms with Crippen molar-refractivity contribution in [3.63, 3.8) is 0 Å². The highest BCUT2D eigenvalue weighted by molar-refractivity contribution is 5.76. The molecule has 0 unspecified atom stereocenters. The molecule has 2 aliphatic heterocycles. The molecule has 5 heteroatoms. The van der Waals surface area contributed by atoms with E-state index in [4.69, 9.17) is 0 Å². The summed E-state index contributed by atoms with van der Waals surface area (Å²) >= 11 is 0. The summed E-state index contributed by atoms with van der Waals surface area (Å²) in [4.78, 5) is 17.5. The second-order valence-corrected chi connectivity index (χ2v) is 8.33. The molecule has 2 fully saturated rings. The molecule has 5 nitrogen and oxygen atoms in total. The number of carbonyl (C=O) groups is 1. The highest BCUT2D eigenvalue weighted by Gasteiger charge is 2.40. The number of H-pyrrole nitrogens is 1. The van der Waals surface area contributed by atoms with Crippen molar-refractivity contribution in [1.29, 1.82) is 0 Å². The molecule has 0 aliphatic carbocycles. The maximum Gasteiger partial charge on any atom is 0.222 e. The van der Waals surface area contributed by atoms with Gasteiger partial charge in [0.25, 0.3) is 0 Å². The minimum Gasteiger partial charge on any atom is -0.342 e. The van der Waals surface area contributed by atoms with Gasteiger partial charge in [-0.2, -0.15) is 5.10 Å². The molecule has 2 aromatic rings. The molecule has 1 N–H and O–H groups in total. The maximum atomic E-state index is 12.8. The molecular weight excluding hydrogens is 336 g/mol. The van der Waals surface area contributed by atoms with E-state index in [0.29, 0.717) is 12.3 Å². The van der Waals surface area contributed by atoms with Gasteiger partial charge in [-0.05, 0) is 49.8 Å². The average Bonchev–Trinajstić information content (AvgIpc) is 3.21. The van der Waals surface area contributed by atoms with Crippen LogP contribution in [0, 0.1) is 5.41 Å². The number of aryl methyl sites for hydroxylation is 1. The van der Waals surface area contributed by atoms with Crippen molar-refractivity contribution in [2.75, 3.05) is 26.2 Å². The van der Waals surface area contributed by atoms with Crippen molar-refractivity contribution < 1.29 is 4.79 Å². The number of carbonyl (C=O) groups excluding carboxylic acids is 1. The summed E-state index contributed by atoms with van der Waals surface area (Å²) in [6.07, 6.45) is 9.94. The highest BCUT2D eigenvalue weighted by atomic mass is 16.2. The number of nitrogens with one attached hydrogen (secondary N) is 1. The third-order valence-electron chi connectivity index (χ3n) is 6.19. The van der Waals surface area contributed by atoms with Crippen molar-refractivity contribution in [3.8, 4) is 0 Å². The Kier molecular flexibility index (Phi) is 5.58. The normalized spacial score (nSPS) is 23.6. The fourth-order valence-corrected chi connectivity index (χ4v) is 4.86. The van der Waals surface area contributed by atoms with E-state index in [2.05, 4.69) is 50.3 Å². The molecule has 1 spiro atoms. The molecule has 1 aromatic heterocycles. The van der Waals surface area contributed by atoms with E-state index >= 15 is 0 Å². The van der Waals surface area contributed by atoms with Gasteiger partial charge in [0, 0.05) is 44.2 Å². The standard InChI is InChI=1S/C22H30N4O/c27-21(9-8-20-14-23-24-15-20)26-13-5-11-22(18-26)10-4-12-25(17-22)16-19-6-2-1-3-7-19/h1-3,6-7,14-15H,4-5,8-13,16-18H2,(H,23,24)/t22-/m0/s1. The Hall–Kier alpha value is -2.14. The van der Waals surface area contributed by atoms with Crippen LogP contribution >= 0.6 is 0 Å². The van der Waals surface area contributed by atoms with Crippen LogP contribution in [0.15, 0.2) is 42.7 Å². The SMILES string of the molecule is O=C(CCc1cn[nH]c1)N1CCC[C@]2(CCCN(Cc3ccccc3)C2)C1. The first-order chi connectivity index (χ1) is 13.2. The van der Waals surface area contributed by atoms with Crippen LogP contribution in [0.3, 0.4) is 0 Å². The van der Waals surface area contributed by atoms with Crippen LogP contribution in [0.5, 0.6) is 0 Å². The summed E-state index contributed by atoms with van der Waals surface area (Å²) < 4.78 is 0. The molecule has 3 heterocycles. The van der Waals surface area contributed by atoms with Gasteiger partial charge in [-0.15, -0.1) is 0 Å². The zero-order chi connectivity index (χ0) is 18.5. The molecule has 0 saturated carbocycles. The molecular formula is C22H30N4O. The Balaban J connectivity index is 1.35. The minimum atomic E-state index is 0.288. The number of aromatic amines is 1. The third-order valence-corrected chi connectivity index (χ3v) is 6.19. The maximum absolute atomic E-state index is 12.8. The number of hydrogen-bond acceptors (Lipinski definition) is 3. The van der Waals surface area contributed by atoms with E-state index in [0.717, 1.165) is 44.6 Å². The molecule has 144 valence electrons. The minimum absolute atomic E-state index is 0.288. The molecule has 27 heavy (non-hydrogen) atoms. The van der Waals surface area contributed by atoms with Crippen molar-refractivity contribution in [1.82, 2.24) is 20.0 Å². The van der Waals surface area contributed by atoms with Crippen LogP contribution in [0.25, 0.3) is 0 Å². The topological polar surface area (TPSA) is 52.2 Å². The summed E-state index contributed by atoms with van der Waals surface area (Å²) in [5, 5.41) is 6.79. The molecule has 1 amide bonds. The lowest BCUT2D eigenvalue weighted by atomic mass is 9.73. The number of likely N-dealkylation sites (tertiary alicyclic amines) is 2. The summed E-state index contributed by atoms with van der Waals surface area (Å²) in [7, 11) is 0. The summed E-state index contributed by atoms with van der Waals surface area (Å²) in [6, 6.07) is 10.8. The van der Waals surface area contributed by atoms with Gasteiger partial charge in [0.15, 0.2) is 0 Å². The zero-order valence-corrected chi connectivity index (χ0v) is 16.1. The first kappa shape index (κ1) is 18.2. The molecule has 0 bridgehead atoms.